The Morgan fingerprint density at radius 3 is 2.70 bits per heavy atom. The standard InChI is InChI=1S/C17H28N2O/c1-4-20-13-16-7-5-6-8-17(16)18-14(2)15-9-11-19(3)12-10-15/h5-8,14-15,18H,4,9-13H2,1-3H3. The maximum atomic E-state index is 5.55. The lowest BCUT2D eigenvalue weighted by Crippen LogP contribution is -2.37. The molecule has 0 amide bonds. The summed E-state index contributed by atoms with van der Waals surface area (Å²) in [5, 5.41) is 3.71. The van der Waals surface area contributed by atoms with Gasteiger partial charge in [-0.25, -0.2) is 0 Å². The number of anilines is 1. The second-order valence-corrected chi connectivity index (χ2v) is 5.87. The van der Waals surface area contributed by atoms with Crippen molar-refractivity contribution >= 4 is 5.69 Å². The lowest BCUT2D eigenvalue weighted by Gasteiger charge is -2.33. The van der Waals surface area contributed by atoms with E-state index in [9.17, 15) is 0 Å². The van der Waals surface area contributed by atoms with Crippen molar-refractivity contribution in [3.63, 3.8) is 0 Å². The van der Waals surface area contributed by atoms with Gasteiger partial charge in [-0.2, -0.15) is 0 Å². The first-order chi connectivity index (χ1) is 9.70. The molecule has 1 aliphatic rings. The first-order valence-corrected chi connectivity index (χ1v) is 7.81. The average Bonchev–Trinajstić information content (AvgIpc) is 2.47. The Morgan fingerprint density at radius 1 is 1.30 bits per heavy atom. The third-order valence-electron chi connectivity index (χ3n) is 4.33. The van der Waals surface area contributed by atoms with E-state index in [4.69, 9.17) is 4.74 Å². The van der Waals surface area contributed by atoms with Crippen molar-refractivity contribution in [2.45, 2.75) is 39.3 Å². The summed E-state index contributed by atoms with van der Waals surface area (Å²) in [6.45, 7) is 8.25. The fourth-order valence-corrected chi connectivity index (χ4v) is 2.89. The normalized spacial score (nSPS) is 18.9. The molecule has 3 nitrogen and oxygen atoms in total. The smallest absolute Gasteiger partial charge is 0.0736 e. The molecule has 0 radical (unpaired) electrons. The number of piperidine rings is 1. The summed E-state index contributed by atoms with van der Waals surface area (Å²) in [5.74, 6) is 0.770. The van der Waals surface area contributed by atoms with Gasteiger partial charge in [0.15, 0.2) is 0 Å². The van der Waals surface area contributed by atoms with Crippen LogP contribution in [0.25, 0.3) is 0 Å². The Kier molecular flexibility index (Phi) is 5.86. The van der Waals surface area contributed by atoms with Crippen LogP contribution in [0.4, 0.5) is 5.69 Å². The van der Waals surface area contributed by atoms with Crippen LogP contribution in [0.5, 0.6) is 0 Å². The lowest BCUT2D eigenvalue weighted by molar-refractivity contribution is 0.134. The van der Waals surface area contributed by atoms with E-state index in [1.807, 2.05) is 6.92 Å². The number of para-hydroxylation sites is 1. The first-order valence-electron chi connectivity index (χ1n) is 7.81. The van der Waals surface area contributed by atoms with E-state index in [-0.39, 0.29) is 0 Å². The van der Waals surface area contributed by atoms with Crippen LogP contribution in [0.3, 0.4) is 0 Å². The molecule has 0 bridgehead atoms. The molecule has 1 aromatic carbocycles. The highest BCUT2D eigenvalue weighted by atomic mass is 16.5. The number of benzene rings is 1. The molecule has 2 rings (SSSR count). The molecule has 0 aliphatic carbocycles. The van der Waals surface area contributed by atoms with Gasteiger partial charge in [-0.3, -0.25) is 0 Å². The molecular formula is C17H28N2O. The molecule has 1 saturated heterocycles. The Hall–Kier alpha value is -1.06. The Balaban J connectivity index is 1.94. The van der Waals surface area contributed by atoms with Crippen LogP contribution in [0.15, 0.2) is 24.3 Å². The zero-order valence-electron chi connectivity index (χ0n) is 13.1. The highest BCUT2D eigenvalue weighted by molar-refractivity contribution is 5.51. The van der Waals surface area contributed by atoms with Crippen LogP contribution >= 0.6 is 0 Å². The molecule has 1 atom stereocenters. The molecule has 1 fully saturated rings. The van der Waals surface area contributed by atoms with Gasteiger partial charge in [0.25, 0.3) is 0 Å². The van der Waals surface area contributed by atoms with Crippen molar-refractivity contribution in [2.24, 2.45) is 5.92 Å². The van der Waals surface area contributed by atoms with Gasteiger partial charge in [-0.15, -0.1) is 0 Å². The highest BCUT2D eigenvalue weighted by Crippen LogP contribution is 2.24. The van der Waals surface area contributed by atoms with Gasteiger partial charge in [0.05, 0.1) is 6.61 Å². The van der Waals surface area contributed by atoms with Crippen molar-refractivity contribution in [3.05, 3.63) is 29.8 Å². The number of likely N-dealkylation sites (tertiary alicyclic amines) is 1. The molecule has 1 unspecified atom stereocenters. The summed E-state index contributed by atoms with van der Waals surface area (Å²) < 4.78 is 5.55. The van der Waals surface area contributed by atoms with E-state index in [1.165, 1.54) is 37.2 Å². The van der Waals surface area contributed by atoms with Gasteiger partial charge >= 0.3 is 0 Å². The van der Waals surface area contributed by atoms with Crippen LogP contribution in [0, 0.1) is 5.92 Å². The number of ether oxygens (including phenoxy) is 1. The van der Waals surface area contributed by atoms with Crippen molar-refractivity contribution in [3.8, 4) is 0 Å². The number of nitrogens with one attached hydrogen (secondary N) is 1. The quantitative estimate of drug-likeness (QED) is 0.862. The number of rotatable bonds is 6. The van der Waals surface area contributed by atoms with Crippen LogP contribution in [0.1, 0.15) is 32.3 Å². The Morgan fingerprint density at radius 2 is 2.00 bits per heavy atom. The summed E-state index contributed by atoms with van der Waals surface area (Å²) in [5.41, 5.74) is 2.49. The van der Waals surface area contributed by atoms with E-state index >= 15 is 0 Å². The van der Waals surface area contributed by atoms with Crippen molar-refractivity contribution in [2.75, 3.05) is 32.1 Å². The maximum absolute atomic E-state index is 5.55. The minimum absolute atomic E-state index is 0.520. The largest absolute Gasteiger partial charge is 0.382 e. The predicted octanol–water partition coefficient (Wildman–Crippen LogP) is 3.37. The lowest BCUT2D eigenvalue weighted by atomic mass is 9.90. The third kappa shape index (κ3) is 4.22. The molecule has 3 heteroatoms. The second-order valence-electron chi connectivity index (χ2n) is 5.87. The SMILES string of the molecule is CCOCc1ccccc1NC(C)C1CCN(C)CC1. The molecule has 0 spiro atoms. The molecule has 1 aliphatic heterocycles. The zero-order valence-corrected chi connectivity index (χ0v) is 13.1. The van der Waals surface area contributed by atoms with Gasteiger partial charge in [-0.05, 0) is 58.8 Å². The zero-order chi connectivity index (χ0) is 14.4. The van der Waals surface area contributed by atoms with Crippen molar-refractivity contribution < 1.29 is 4.74 Å². The summed E-state index contributed by atoms with van der Waals surface area (Å²) >= 11 is 0. The fraction of sp³-hybridized carbons (Fsp3) is 0.647. The van der Waals surface area contributed by atoms with Gasteiger partial charge in [-0.1, -0.05) is 18.2 Å². The van der Waals surface area contributed by atoms with E-state index in [0.29, 0.717) is 12.6 Å². The van der Waals surface area contributed by atoms with E-state index < -0.39 is 0 Å². The number of hydrogen-bond donors (Lipinski definition) is 1. The molecular weight excluding hydrogens is 248 g/mol. The van der Waals surface area contributed by atoms with E-state index in [0.717, 1.165) is 12.5 Å². The molecule has 112 valence electrons. The van der Waals surface area contributed by atoms with Crippen LogP contribution < -0.4 is 5.32 Å². The molecule has 1 aromatic rings. The van der Waals surface area contributed by atoms with Crippen LogP contribution in [-0.2, 0) is 11.3 Å². The molecule has 0 aromatic heterocycles. The molecule has 1 N–H and O–H groups in total. The predicted molar refractivity (Wildman–Crippen MR) is 85.1 cm³/mol. The van der Waals surface area contributed by atoms with Crippen molar-refractivity contribution in [1.82, 2.24) is 4.90 Å². The molecule has 20 heavy (non-hydrogen) atoms. The van der Waals surface area contributed by atoms with Crippen molar-refractivity contribution in [1.29, 1.82) is 0 Å². The Bertz CT molecular complexity index is 400. The van der Waals surface area contributed by atoms with Gasteiger partial charge in [0.2, 0.25) is 0 Å². The van der Waals surface area contributed by atoms with Gasteiger partial charge < -0.3 is 15.0 Å². The van der Waals surface area contributed by atoms with Crippen LogP contribution in [-0.4, -0.2) is 37.7 Å². The third-order valence-corrected chi connectivity index (χ3v) is 4.33. The van der Waals surface area contributed by atoms with Gasteiger partial charge in [0.1, 0.15) is 0 Å². The second kappa shape index (κ2) is 7.65. The minimum atomic E-state index is 0.520. The summed E-state index contributed by atoms with van der Waals surface area (Å²) in [6.07, 6.45) is 2.58. The number of hydrogen-bond acceptors (Lipinski definition) is 3. The maximum Gasteiger partial charge on any atom is 0.0736 e. The average molecular weight is 276 g/mol. The number of nitrogens with zero attached hydrogens (tertiary/aromatic N) is 1. The van der Waals surface area contributed by atoms with E-state index in [2.05, 4.69) is 48.5 Å². The van der Waals surface area contributed by atoms with Gasteiger partial charge in [0, 0.05) is 23.9 Å². The summed E-state index contributed by atoms with van der Waals surface area (Å²) in [4.78, 5) is 2.42. The summed E-state index contributed by atoms with van der Waals surface area (Å²) in [7, 11) is 2.21. The highest BCUT2D eigenvalue weighted by Gasteiger charge is 2.22. The van der Waals surface area contributed by atoms with E-state index in [1.54, 1.807) is 0 Å². The topological polar surface area (TPSA) is 24.5 Å². The summed E-state index contributed by atoms with van der Waals surface area (Å²) in [6, 6.07) is 9.02. The molecule has 0 saturated carbocycles. The van der Waals surface area contributed by atoms with Crippen LogP contribution in [0.2, 0.25) is 0 Å². The fourth-order valence-electron chi connectivity index (χ4n) is 2.89. The Labute approximate surface area is 123 Å². The first kappa shape index (κ1) is 15.3. The minimum Gasteiger partial charge on any atom is -0.382 e. The molecule has 1 heterocycles. The monoisotopic (exact) mass is 276 g/mol.